The molecule has 0 spiro atoms. The molecule has 3 amide bonds. The SMILES string of the molecule is Cc1ccc(C)c(CNC(=O)[C@H]2CC(=O)N(c3cccc(C(=O)Nc4ccccc4)c3)C2)c1. The van der Waals surface area contributed by atoms with Crippen LogP contribution >= 0.6 is 0 Å². The van der Waals surface area contributed by atoms with Crippen molar-refractivity contribution in [2.75, 3.05) is 16.8 Å². The number of benzene rings is 3. The average molecular weight is 442 g/mol. The van der Waals surface area contributed by atoms with Crippen LogP contribution in [0.4, 0.5) is 11.4 Å². The van der Waals surface area contributed by atoms with E-state index in [1.165, 1.54) is 0 Å². The van der Waals surface area contributed by atoms with Crippen LogP contribution < -0.4 is 15.5 Å². The van der Waals surface area contributed by atoms with Gasteiger partial charge < -0.3 is 15.5 Å². The molecule has 1 atom stereocenters. The van der Waals surface area contributed by atoms with Crippen LogP contribution in [0.15, 0.2) is 72.8 Å². The molecule has 0 aromatic heterocycles. The summed E-state index contributed by atoms with van der Waals surface area (Å²) in [6.07, 6.45) is 0.152. The third kappa shape index (κ3) is 5.29. The van der Waals surface area contributed by atoms with Crippen LogP contribution in [-0.4, -0.2) is 24.3 Å². The highest BCUT2D eigenvalue weighted by Crippen LogP contribution is 2.26. The van der Waals surface area contributed by atoms with E-state index >= 15 is 0 Å². The minimum absolute atomic E-state index is 0.123. The number of amides is 3. The quantitative estimate of drug-likeness (QED) is 0.601. The molecule has 3 aromatic rings. The molecule has 1 fully saturated rings. The van der Waals surface area contributed by atoms with Gasteiger partial charge in [-0.25, -0.2) is 0 Å². The number of carbonyl (C=O) groups is 3. The summed E-state index contributed by atoms with van der Waals surface area (Å²) < 4.78 is 0. The molecule has 0 radical (unpaired) electrons. The van der Waals surface area contributed by atoms with Gasteiger partial charge in [0.25, 0.3) is 5.91 Å². The number of anilines is 2. The smallest absolute Gasteiger partial charge is 0.255 e. The topological polar surface area (TPSA) is 78.5 Å². The first-order valence-corrected chi connectivity index (χ1v) is 11.0. The summed E-state index contributed by atoms with van der Waals surface area (Å²) in [7, 11) is 0. The first-order valence-electron chi connectivity index (χ1n) is 11.0. The molecule has 0 aliphatic carbocycles. The number of aryl methyl sites for hydroxylation is 2. The average Bonchev–Trinajstić information content (AvgIpc) is 3.22. The maximum Gasteiger partial charge on any atom is 0.255 e. The van der Waals surface area contributed by atoms with Crippen LogP contribution in [0.25, 0.3) is 0 Å². The van der Waals surface area contributed by atoms with E-state index in [4.69, 9.17) is 0 Å². The molecule has 1 aliphatic rings. The fraction of sp³-hybridized carbons (Fsp3) is 0.222. The van der Waals surface area contributed by atoms with E-state index in [1.807, 2.05) is 56.3 Å². The van der Waals surface area contributed by atoms with Crippen molar-refractivity contribution in [2.24, 2.45) is 5.92 Å². The van der Waals surface area contributed by atoms with E-state index < -0.39 is 5.92 Å². The van der Waals surface area contributed by atoms with Crippen LogP contribution in [-0.2, 0) is 16.1 Å². The predicted molar refractivity (Wildman–Crippen MR) is 129 cm³/mol. The summed E-state index contributed by atoms with van der Waals surface area (Å²) in [5.41, 5.74) is 5.10. The van der Waals surface area contributed by atoms with Crippen molar-refractivity contribution >= 4 is 29.1 Å². The van der Waals surface area contributed by atoms with Gasteiger partial charge in [-0.2, -0.15) is 0 Å². The van der Waals surface area contributed by atoms with Crippen LogP contribution in [0.3, 0.4) is 0 Å². The fourth-order valence-electron chi connectivity index (χ4n) is 3.99. The number of carbonyl (C=O) groups excluding carboxylic acids is 3. The second kappa shape index (κ2) is 9.69. The lowest BCUT2D eigenvalue weighted by Crippen LogP contribution is -2.32. The Kier molecular flexibility index (Phi) is 6.54. The molecule has 168 valence electrons. The number of hydrogen-bond donors (Lipinski definition) is 2. The number of para-hydroxylation sites is 1. The van der Waals surface area contributed by atoms with Gasteiger partial charge in [-0.15, -0.1) is 0 Å². The highest BCUT2D eigenvalue weighted by molar-refractivity contribution is 6.06. The fourth-order valence-corrected chi connectivity index (χ4v) is 3.99. The van der Waals surface area contributed by atoms with Crippen molar-refractivity contribution in [3.05, 3.63) is 95.1 Å². The zero-order chi connectivity index (χ0) is 23.4. The lowest BCUT2D eigenvalue weighted by molar-refractivity contribution is -0.126. The van der Waals surface area contributed by atoms with Gasteiger partial charge in [0.2, 0.25) is 11.8 Å². The summed E-state index contributed by atoms with van der Waals surface area (Å²) in [5, 5.41) is 5.82. The molecular weight excluding hydrogens is 414 g/mol. The Labute approximate surface area is 193 Å². The van der Waals surface area contributed by atoms with Gasteiger partial charge in [0, 0.05) is 36.4 Å². The van der Waals surface area contributed by atoms with Crippen molar-refractivity contribution in [3.63, 3.8) is 0 Å². The maximum atomic E-state index is 12.8. The maximum absolute atomic E-state index is 12.8. The summed E-state index contributed by atoms with van der Waals surface area (Å²) in [6, 6.07) is 22.3. The highest BCUT2D eigenvalue weighted by atomic mass is 16.2. The Balaban J connectivity index is 1.40. The Morgan fingerprint density at radius 1 is 0.970 bits per heavy atom. The number of nitrogens with one attached hydrogen (secondary N) is 2. The van der Waals surface area contributed by atoms with E-state index in [0.717, 1.165) is 16.7 Å². The van der Waals surface area contributed by atoms with Crippen molar-refractivity contribution in [2.45, 2.75) is 26.8 Å². The molecular formula is C27H27N3O3. The van der Waals surface area contributed by atoms with Gasteiger partial charge >= 0.3 is 0 Å². The van der Waals surface area contributed by atoms with E-state index in [0.29, 0.717) is 30.0 Å². The zero-order valence-electron chi connectivity index (χ0n) is 18.8. The monoisotopic (exact) mass is 441 g/mol. The van der Waals surface area contributed by atoms with Crippen LogP contribution in [0.1, 0.15) is 33.5 Å². The zero-order valence-corrected chi connectivity index (χ0v) is 18.8. The van der Waals surface area contributed by atoms with Crippen LogP contribution in [0.2, 0.25) is 0 Å². The third-order valence-corrected chi connectivity index (χ3v) is 5.91. The Morgan fingerprint density at radius 3 is 2.55 bits per heavy atom. The van der Waals surface area contributed by atoms with E-state index in [9.17, 15) is 14.4 Å². The lowest BCUT2D eigenvalue weighted by Gasteiger charge is -2.18. The van der Waals surface area contributed by atoms with Gasteiger partial charge in [-0.05, 0) is 55.3 Å². The van der Waals surface area contributed by atoms with Crippen molar-refractivity contribution in [1.82, 2.24) is 5.32 Å². The van der Waals surface area contributed by atoms with Gasteiger partial charge in [0.15, 0.2) is 0 Å². The molecule has 0 unspecified atom stereocenters. The molecule has 1 saturated heterocycles. The summed E-state index contributed by atoms with van der Waals surface area (Å²) >= 11 is 0. The van der Waals surface area contributed by atoms with Crippen molar-refractivity contribution in [1.29, 1.82) is 0 Å². The van der Waals surface area contributed by atoms with Crippen molar-refractivity contribution in [3.8, 4) is 0 Å². The minimum Gasteiger partial charge on any atom is -0.352 e. The van der Waals surface area contributed by atoms with Gasteiger partial charge in [0.1, 0.15) is 0 Å². The number of hydrogen-bond acceptors (Lipinski definition) is 3. The second-order valence-electron chi connectivity index (χ2n) is 8.42. The molecule has 0 saturated carbocycles. The standard InChI is InChI=1S/C27H27N3O3/c1-18-11-12-19(2)21(13-18)16-28-26(32)22-15-25(31)30(17-22)24-10-6-7-20(14-24)27(33)29-23-8-4-3-5-9-23/h3-14,22H,15-17H2,1-2H3,(H,28,32)(H,29,33)/t22-/m0/s1. The highest BCUT2D eigenvalue weighted by Gasteiger charge is 2.35. The molecule has 6 heteroatoms. The first-order chi connectivity index (χ1) is 15.9. The van der Waals surface area contributed by atoms with Crippen LogP contribution in [0, 0.1) is 19.8 Å². The van der Waals surface area contributed by atoms with Gasteiger partial charge in [0.05, 0.1) is 5.92 Å². The molecule has 33 heavy (non-hydrogen) atoms. The summed E-state index contributed by atoms with van der Waals surface area (Å²) in [5.74, 6) is -0.936. The van der Waals surface area contributed by atoms with Crippen LogP contribution in [0.5, 0.6) is 0 Å². The Hall–Kier alpha value is -3.93. The molecule has 4 rings (SSSR count). The molecule has 6 nitrogen and oxygen atoms in total. The minimum atomic E-state index is -0.426. The molecule has 2 N–H and O–H groups in total. The first kappa shape index (κ1) is 22.3. The van der Waals surface area contributed by atoms with E-state index in [2.05, 4.69) is 16.7 Å². The largest absolute Gasteiger partial charge is 0.352 e. The van der Waals surface area contributed by atoms with Gasteiger partial charge in [-0.3, -0.25) is 14.4 Å². The molecule has 1 heterocycles. The number of rotatable bonds is 6. The summed E-state index contributed by atoms with van der Waals surface area (Å²) in [6.45, 7) is 4.77. The molecule has 0 bridgehead atoms. The Bertz CT molecular complexity index is 1190. The Morgan fingerprint density at radius 2 is 1.76 bits per heavy atom. The van der Waals surface area contributed by atoms with E-state index in [-0.39, 0.29) is 24.1 Å². The number of nitrogens with zero attached hydrogens (tertiary/aromatic N) is 1. The van der Waals surface area contributed by atoms with Crippen molar-refractivity contribution < 1.29 is 14.4 Å². The summed E-state index contributed by atoms with van der Waals surface area (Å²) in [4.78, 5) is 39.7. The predicted octanol–water partition coefficient (Wildman–Crippen LogP) is 4.23. The normalized spacial score (nSPS) is 15.4. The lowest BCUT2D eigenvalue weighted by atomic mass is 10.0. The molecule has 3 aromatic carbocycles. The van der Waals surface area contributed by atoms with E-state index in [1.54, 1.807) is 29.2 Å². The second-order valence-corrected chi connectivity index (χ2v) is 8.42. The third-order valence-electron chi connectivity index (χ3n) is 5.91. The van der Waals surface area contributed by atoms with Gasteiger partial charge in [-0.1, -0.05) is 48.0 Å². The molecule has 1 aliphatic heterocycles.